The fourth-order valence-corrected chi connectivity index (χ4v) is 4.06. The van der Waals surface area contributed by atoms with Gasteiger partial charge in [-0.05, 0) is 18.9 Å². The molecular weight excluding hydrogens is 298 g/mol. The van der Waals surface area contributed by atoms with Gasteiger partial charge in [-0.15, -0.1) is 0 Å². The first-order chi connectivity index (χ1) is 11.7. The van der Waals surface area contributed by atoms with Crippen molar-refractivity contribution >= 4 is 0 Å². The summed E-state index contributed by atoms with van der Waals surface area (Å²) in [5.74, 6) is 1.52. The lowest BCUT2D eigenvalue weighted by Crippen LogP contribution is -2.41. The average Bonchev–Trinajstić information content (AvgIpc) is 2.98. The van der Waals surface area contributed by atoms with E-state index < -0.39 is 0 Å². The second kappa shape index (κ2) is 6.26. The van der Waals surface area contributed by atoms with Crippen LogP contribution in [0.4, 0.5) is 0 Å². The molecule has 3 heterocycles. The van der Waals surface area contributed by atoms with Crippen LogP contribution in [0.2, 0.25) is 0 Å². The molecule has 1 aromatic heterocycles. The molecule has 2 aliphatic heterocycles. The number of fused-ring (bicyclic) bond motifs is 2. The lowest BCUT2D eigenvalue weighted by molar-refractivity contribution is 0.0501. The molecular formula is C20H25N3O. The van der Waals surface area contributed by atoms with Crippen LogP contribution >= 0.6 is 0 Å². The van der Waals surface area contributed by atoms with Crippen LogP contribution < -0.4 is 0 Å². The summed E-state index contributed by atoms with van der Waals surface area (Å²) in [6, 6.07) is 10.3. The molecule has 4 rings (SSSR count). The standard InChI is InChI=1S/C20H25N3O/c1-15(2)11-23-9-8-20(13-23)14-24-12-17-10-21-19(22-18(17)20)16-6-4-3-5-7-16/h3-7,10,15H,8-9,11-14H2,1-2H3/t20-/m1/s1. The highest BCUT2D eigenvalue weighted by molar-refractivity contribution is 5.55. The maximum absolute atomic E-state index is 5.93. The van der Waals surface area contributed by atoms with Crippen molar-refractivity contribution in [2.24, 2.45) is 5.92 Å². The van der Waals surface area contributed by atoms with Crippen molar-refractivity contribution in [1.29, 1.82) is 0 Å². The molecule has 126 valence electrons. The number of benzene rings is 1. The van der Waals surface area contributed by atoms with Gasteiger partial charge in [0.15, 0.2) is 5.82 Å². The van der Waals surface area contributed by atoms with Crippen LogP contribution in [0, 0.1) is 5.92 Å². The van der Waals surface area contributed by atoms with Gasteiger partial charge in [0.05, 0.1) is 24.3 Å². The van der Waals surface area contributed by atoms with Gasteiger partial charge in [-0.1, -0.05) is 44.2 Å². The fraction of sp³-hybridized carbons (Fsp3) is 0.500. The van der Waals surface area contributed by atoms with Crippen LogP contribution in [0.1, 0.15) is 31.5 Å². The zero-order valence-electron chi connectivity index (χ0n) is 14.5. The fourth-order valence-electron chi connectivity index (χ4n) is 4.06. The summed E-state index contributed by atoms with van der Waals surface area (Å²) in [6.07, 6.45) is 3.09. The molecule has 0 aliphatic carbocycles. The lowest BCUT2D eigenvalue weighted by atomic mass is 9.80. The monoisotopic (exact) mass is 323 g/mol. The number of hydrogen-bond acceptors (Lipinski definition) is 4. The molecule has 4 heteroatoms. The topological polar surface area (TPSA) is 38.2 Å². The lowest BCUT2D eigenvalue weighted by Gasteiger charge is -2.34. The molecule has 1 atom stereocenters. The Kier molecular flexibility index (Phi) is 4.10. The maximum Gasteiger partial charge on any atom is 0.159 e. The average molecular weight is 323 g/mol. The van der Waals surface area contributed by atoms with Crippen LogP contribution in [0.5, 0.6) is 0 Å². The third kappa shape index (κ3) is 2.85. The largest absolute Gasteiger partial charge is 0.376 e. The Balaban J connectivity index is 1.69. The Morgan fingerprint density at radius 1 is 1.25 bits per heavy atom. The maximum atomic E-state index is 5.93. The van der Waals surface area contributed by atoms with Gasteiger partial charge in [0, 0.05) is 30.4 Å². The van der Waals surface area contributed by atoms with Crippen molar-refractivity contribution in [2.75, 3.05) is 26.2 Å². The van der Waals surface area contributed by atoms with Gasteiger partial charge >= 0.3 is 0 Å². The van der Waals surface area contributed by atoms with Crippen molar-refractivity contribution < 1.29 is 4.74 Å². The van der Waals surface area contributed by atoms with E-state index in [2.05, 4.69) is 35.9 Å². The van der Waals surface area contributed by atoms with E-state index in [1.54, 1.807) is 0 Å². The van der Waals surface area contributed by atoms with E-state index in [0.717, 1.165) is 49.6 Å². The van der Waals surface area contributed by atoms with Gasteiger partial charge < -0.3 is 9.64 Å². The molecule has 4 nitrogen and oxygen atoms in total. The molecule has 2 aliphatic rings. The predicted octanol–water partition coefficient (Wildman–Crippen LogP) is 3.27. The van der Waals surface area contributed by atoms with E-state index in [4.69, 9.17) is 9.72 Å². The van der Waals surface area contributed by atoms with E-state index in [1.165, 1.54) is 5.69 Å². The van der Waals surface area contributed by atoms with Crippen LogP contribution in [0.15, 0.2) is 36.5 Å². The summed E-state index contributed by atoms with van der Waals surface area (Å²) in [4.78, 5) is 12.2. The predicted molar refractivity (Wildman–Crippen MR) is 94.7 cm³/mol. The van der Waals surface area contributed by atoms with E-state index in [-0.39, 0.29) is 5.41 Å². The van der Waals surface area contributed by atoms with E-state index in [1.807, 2.05) is 24.4 Å². The van der Waals surface area contributed by atoms with Gasteiger partial charge in [0.25, 0.3) is 0 Å². The van der Waals surface area contributed by atoms with Crippen molar-refractivity contribution in [2.45, 2.75) is 32.3 Å². The Hall–Kier alpha value is -1.78. The summed E-state index contributed by atoms with van der Waals surface area (Å²) >= 11 is 0. The molecule has 0 radical (unpaired) electrons. The van der Waals surface area contributed by atoms with Gasteiger partial charge in [-0.25, -0.2) is 9.97 Å². The van der Waals surface area contributed by atoms with Crippen molar-refractivity contribution in [3.8, 4) is 11.4 Å². The van der Waals surface area contributed by atoms with Crippen molar-refractivity contribution in [1.82, 2.24) is 14.9 Å². The summed E-state index contributed by atoms with van der Waals surface area (Å²) in [5, 5.41) is 0. The first-order valence-electron chi connectivity index (χ1n) is 8.88. The molecule has 0 N–H and O–H groups in total. The van der Waals surface area contributed by atoms with Crippen molar-refractivity contribution in [3.63, 3.8) is 0 Å². The number of nitrogens with zero attached hydrogens (tertiary/aromatic N) is 3. The molecule has 1 fully saturated rings. The Morgan fingerprint density at radius 2 is 2.08 bits per heavy atom. The highest BCUT2D eigenvalue weighted by Crippen LogP contribution is 2.39. The molecule has 24 heavy (non-hydrogen) atoms. The summed E-state index contributed by atoms with van der Waals surface area (Å²) < 4.78 is 5.93. The third-order valence-electron chi connectivity index (χ3n) is 5.09. The Bertz CT molecular complexity index is 716. The number of likely N-dealkylation sites (tertiary alicyclic amines) is 1. The molecule has 0 unspecified atom stereocenters. The van der Waals surface area contributed by atoms with E-state index in [9.17, 15) is 0 Å². The molecule has 1 spiro atoms. The minimum Gasteiger partial charge on any atom is -0.376 e. The van der Waals surface area contributed by atoms with Crippen LogP contribution in [0.3, 0.4) is 0 Å². The smallest absolute Gasteiger partial charge is 0.159 e. The molecule has 1 aromatic carbocycles. The first kappa shape index (κ1) is 15.7. The Labute approximate surface area is 143 Å². The van der Waals surface area contributed by atoms with E-state index in [0.29, 0.717) is 12.5 Å². The molecule has 0 amide bonds. The van der Waals surface area contributed by atoms with Crippen LogP contribution in [0.25, 0.3) is 11.4 Å². The molecule has 1 saturated heterocycles. The third-order valence-corrected chi connectivity index (χ3v) is 5.09. The molecule has 0 saturated carbocycles. The quantitative estimate of drug-likeness (QED) is 0.869. The zero-order valence-corrected chi connectivity index (χ0v) is 14.5. The van der Waals surface area contributed by atoms with Crippen molar-refractivity contribution in [3.05, 3.63) is 47.8 Å². The molecule has 0 bridgehead atoms. The van der Waals surface area contributed by atoms with Gasteiger partial charge in [-0.3, -0.25) is 0 Å². The number of ether oxygens (including phenoxy) is 1. The zero-order chi connectivity index (χ0) is 16.6. The molecule has 2 aromatic rings. The first-order valence-corrected chi connectivity index (χ1v) is 8.88. The van der Waals surface area contributed by atoms with Crippen LogP contribution in [-0.4, -0.2) is 41.1 Å². The Morgan fingerprint density at radius 3 is 2.88 bits per heavy atom. The summed E-state index contributed by atoms with van der Waals surface area (Å²) in [7, 11) is 0. The minimum absolute atomic E-state index is 0.0367. The number of aromatic nitrogens is 2. The van der Waals surface area contributed by atoms with Gasteiger partial charge in [0.1, 0.15) is 0 Å². The SMILES string of the molecule is CC(C)CN1CC[C@]2(COCc3cnc(-c4ccccc4)nc32)C1. The van der Waals surface area contributed by atoms with Gasteiger partial charge in [-0.2, -0.15) is 0 Å². The number of hydrogen-bond donors (Lipinski definition) is 0. The highest BCUT2D eigenvalue weighted by Gasteiger charge is 2.44. The van der Waals surface area contributed by atoms with Crippen LogP contribution in [-0.2, 0) is 16.8 Å². The second-order valence-corrected chi connectivity index (χ2v) is 7.59. The highest BCUT2D eigenvalue weighted by atomic mass is 16.5. The summed E-state index contributed by atoms with van der Waals surface area (Å²) in [6.45, 7) is 9.30. The van der Waals surface area contributed by atoms with Gasteiger partial charge in [0.2, 0.25) is 0 Å². The van der Waals surface area contributed by atoms with E-state index >= 15 is 0 Å². The minimum atomic E-state index is 0.0367. The second-order valence-electron chi connectivity index (χ2n) is 7.59. The summed E-state index contributed by atoms with van der Waals surface area (Å²) in [5.41, 5.74) is 3.50. The normalized spacial score (nSPS) is 23.8. The number of rotatable bonds is 3.